The maximum absolute atomic E-state index is 11.8. The lowest BCUT2D eigenvalue weighted by atomic mass is 9.99. The van der Waals surface area contributed by atoms with Crippen LogP contribution in [-0.2, 0) is 4.79 Å². The minimum Gasteiger partial charge on any atom is -0.480 e. The molecule has 0 unspecified atom stereocenters. The van der Waals surface area contributed by atoms with E-state index in [9.17, 15) is 9.59 Å². The number of aliphatic carboxylic acids is 1. The third-order valence-corrected chi connectivity index (χ3v) is 2.69. The van der Waals surface area contributed by atoms with Crippen LogP contribution in [0, 0.1) is 5.92 Å². The van der Waals surface area contributed by atoms with Crippen LogP contribution in [0.4, 0.5) is 0 Å². The number of nitrogens with one attached hydrogen (secondary N) is 1. The van der Waals surface area contributed by atoms with Crippen LogP contribution in [-0.4, -0.2) is 28.0 Å². The van der Waals surface area contributed by atoms with Crippen molar-refractivity contribution in [2.75, 3.05) is 0 Å². The third-order valence-electron chi connectivity index (χ3n) is 2.69. The molecule has 0 aliphatic rings. The smallest absolute Gasteiger partial charge is 0.326 e. The third kappa shape index (κ3) is 3.55. The van der Waals surface area contributed by atoms with Gasteiger partial charge in [0.15, 0.2) is 0 Å². The number of carbonyl (C=O) groups excluding carboxylic acids is 1. The van der Waals surface area contributed by atoms with Crippen molar-refractivity contribution in [1.82, 2.24) is 10.3 Å². The van der Waals surface area contributed by atoms with Crippen molar-refractivity contribution >= 4 is 11.9 Å². The Morgan fingerprint density at radius 2 is 2.24 bits per heavy atom. The van der Waals surface area contributed by atoms with Gasteiger partial charge in [0, 0.05) is 12.4 Å². The summed E-state index contributed by atoms with van der Waals surface area (Å²) in [6.07, 6.45) is 3.65. The zero-order chi connectivity index (χ0) is 12.8. The molecule has 92 valence electrons. The lowest BCUT2D eigenvalue weighted by Gasteiger charge is -2.19. The standard InChI is InChI=1S/C12H16N2O3/c1-3-8(2)10(12(16)17)14-11(15)9-5-4-6-13-7-9/h4-8,10H,3H2,1-2H3,(H,14,15)(H,16,17)/t8-,10+/m1/s1. The fourth-order valence-electron chi connectivity index (χ4n) is 1.40. The Bertz CT molecular complexity index is 392. The second-order valence-corrected chi connectivity index (χ2v) is 3.92. The molecule has 0 bridgehead atoms. The highest BCUT2D eigenvalue weighted by molar-refractivity contribution is 5.96. The first kappa shape index (κ1) is 13.2. The number of carboxylic acid groups (broad SMARTS) is 1. The molecule has 0 saturated heterocycles. The minimum atomic E-state index is -1.02. The molecule has 17 heavy (non-hydrogen) atoms. The van der Waals surface area contributed by atoms with E-state index in [1.165, 1.54) is 6.20 Å². The molecule has 0 fully saturated rings. The topological polar surface area (TPSA) is 79.3 Å². The molecule has 1 amide bonds. The summed E-state index contributed by atoms with van der Waals surface area (Å²) in [6, 6.07) is 2.36. The highest BCUT2D eigenvalue weighted by atomic mass is 16.4. The van der Waals surface area contributed by atoms with E-state index in [0.717, 1.165) is 0 Å². The van der Waals surface area contributed by atoms with Gasteiger partial charge in [-0.05, 0) is 18.1 Å². The average Bonchev–Trinajstić information content (AvgIpc) is 2.35. The van der Waals surface area contributed by atoms with E-state index in [-0.39, 0.29) is 5.92 Å². The second-order valence-electron chi connectivity index (χ2n) is 3.92. The predicted octanol–water partition coefficient (Wildman–Crippen LogP) is 1.31. The molecule has 0 saturated carbocycles. The molecule has 0 aromatic carbocycles. The molecule has 0 aliphatic carbocycles. The van der Waals surface area contributed by atoms with Gasteiger partial charge in [0.25, 0.3) is 5.91 Å². The van der Waals surface area contributed by atoms with Crippen molar-refractivity contribution < 1.29 is 14.7 Å². The summed E-state index contributed by atoms with van der Waals surface area (Å²) in [6.45, 7) is 3.68. The molecule has 1 heterocycles. The van der Waals surface area contributed by atoms with Gasteiger partial charge in [-0.15, -0.1) is 0 Å². The minimum absolute atomic E-state index is 0.117. The van der Waals surface area contributed by atoms with Crippen LogP contribution in [0.3, 0.4) is 0 Å². The summed E-state index contributed by atoms with van der Waals surface area (Å²) < 4.78 is 0. The van der Waals surface area contributed by atoms with E-state index in [1.54, 1.807) is 25.3 Å². The number of hydrogen-bond donors (Lipinski definition) is 2. The highest BCUT2D eigenvalue weighted by Gasteiger charge is 2.25. The maximum atomic E-state index is 11.8. The Balaban J connectivity index is 2.75. The molecule has 0 spiro atoms. The Kier molecular flexibility index (Phi) is 4.63. The number of rotatable bonds is 5. The summed E-state index contributed by atoms with van der Waals surface area (Å²) in [7, 11) is 0. The summed E-state index contributed by atoms with van der Waals surface area (Å²) in [5.74, 6) is -1.55. The van der Waals surface area contributed by atoms with Gasteiger partial charge in [-0.2, -0.15) is 0 Å². The number of carbonyl (C=O) groups is 2. The van der Waals surface area contributed by atoms with Crippen molar-refractivity contribution in [3.8, 4) is 0 Å². The van der Waals surface area contributed by atoms with Gasteiger partial charge in [-0.3, -0.25) is 9.78 Å². The lowest BCUT2D eigenvalue weighted by Crippen LogP contribution is -2.45. The van der Waals surface area contributed by atoms with Gasteiger partial charge < -0.3 is 10.4 Å². The van der Waals surface area contributed by atoms with Crippen molar-refractivity contribution in [1.29, 1.82) is 0 Å². The number of hydrogen-bond acceptors (Lipinski definition) is 3. The van der Waals surface area contributed by atoms with Gasteiger partial charge >= 0.3 is 5.97 Å². The number of carboxylic acids is 1. The quantitative estimate of drug-likeness (QED) is 0.807. The Labute approximate surface area is 99.9 Å². The number of nitrogens with zero attached hydrogens (tertiary/aromatic N) is 1. The number of aromatic nitrogens is 1. The second kappa shape index (κ2) is 5.98. The summed E-state index contributed by atoms with van der Waals surface area (Å²) >= 11 is 0. The molecular formula is C12H16N2O3. The Morgan fingerprint density at radius 3 is 2.71 bits per heavy atom. The Hall–Kier alpha value is -1.91. The maximum Gasteiger partial charge on any atom is 0.326 e. The first-order valence-electron chi connectivity index (χ1n) is 5.50. The molecule has 2 N–H and O–H groups in total. The zero-order valence-electron chi connectivity index (χ0n) is 9.88. The number of pyridine rings is 1. The molecule has 1 aromatic heterocycles. The molecular weight excluding hydrogens is 220 g/mol. The van der Waals surface area contributed by atoms with Crippen LogP contribution in [0.1, 0.15) is 30.6 Å². The normalized spacial score (nSPS) is 13.8. The number of amides is 1. The van der Waals surface area contributed by atoms with Crippen LogP contribution in [0.5, 0.6) is 0 Å². The van der Waals surface area contributed by atoms with E-state index >= 15 is 0 Å². The van der Waals surface area contributed by atoms with Gasteiger partial charge in [-0.1, -0.05) is 20.3 Å². The first-order chi connectivity index (χ1) is 8.06. The molecule has 2 atom stereocenters. The van der Waals surface area contributed by atoms with Crippen molar-refractivity contribution in [3.63, 3.8) is 0 Å². The van der Waals surface area contributed by atoms with Crippen molar-refractivity contribution in [3.05, 3.63) is 30.1 Å². The SMILES string of the molecule is CC[C@@H](C)[C@H](NC(=O)c1cccnc1)C(=O)O. The van der Waals surface area contributed by atoms with Crippen LogP contribution >= 0.6 is 0 Å². The molecule has 1 rings (SSSR count). The van der Waals surface area contributed by atoms with Crippen LogP contribution in [0.15, 0.2) is 24.5 Å². The van der Waals surface area contributed by atoms with Crippen LogP contribution < -0.4 is 5.32 Å². The van der Waals surface area contributed by atoms with Gasteiger partial charge in [0.1, 0.15) is 6.04 Å². The van der Waals surface area contributed by atoms with E-state index in [1.807, 2.05) is 6.92 Å². The van der Waals surface area contributed by atoms with E-state index in [2.05, 4.69) is 10.3 Å². The van der Waals surface area contributed by atoms with Gasteiger partial charge in [-0.25, -0.2) is 4.79 Å². The van der Waals surface area contributed by atoms with E-state index in [0.29, 0.717) is 12.0 Å². The Morgan fingerprint density at radius 1 is 1.53 bits per heavy atom. The highest BCUT2D eigenvalue weighted by Crippen LogP contribution is 2.09. The van der Waals surface area contributed by atoms with E-state index in [4.69, 9.17) is 5.11 Å². The summed E-state index contributed by atoms with van der Waals surface area (Å²) in [5.41, 5.74) is 0.363. The molecule has 5 heteroatoms. The predicted molar refractivity (Wildman–Crippen MR) is 62.6 cm³/mol. The van der Waals surface area contributed by atoms with Crippen LogP contribution in [0.2, 0.25) is 0 Å². The fraction of sp³-hybridized carbons (Fsp3) is 0.417. The monoisotopic (exact) mass is 236 g/mol. The summed E-state index contributed by atoms with van der Waals surface area (Å²) in [5, 5.41) is 11.5. The van der Waals surface area contributed by atoms with Crippen LogP contribution in [0.25, 0.3) is 0 Å². The molecule has 0 radical (unpaired) electrons. The summed E-state index contributed by atoms with van der Waals surface area (Å²) in [4.78, 5) is 26.6. The largest absolute Gasteiger partial charge is 0.480 e. The fourth-order valence-corrected chi connectivity index (χ4v) is 1.40. The van der Waals surface area contributed by atoms with Crippen molar-refractivity contribution in [2.24, 2.45) is 5.92 Å². The lowest BCUT2D eigenvalue weighted by molar-refractivity contribution is -0.140. The first-order valence-corrected chi connectivity index (χ1v) is 5.50. The molecule has 0 aliphatic heterocycles. The zero-order valence-corrected chi connectivity index (χ0v) is 9.88. The van der Waals surface area contributed by atoms with E-state index < -0.39 is 17.9 Å². The average molecular weight is 236 g/mol. The van der Waals surface area contributed by atoms with Gasteiger partial charge in [0.2, 0.25) is 0 Å². The molecule has 5 nitrogen and oxygen atoms in total. The van der Waals surface area contributed by atoms with Gasteiger partial charge in [0.05, 0.1) is 5.56 Å². The molecule has 1 aromatic rings. The van der Waals surface area contributed by atoms with Crippen molar-refractivity contribution in [2.45, 2.75) is 26.3 Å².